The Kier molecular flexibility index (Phi) is 11.9. The lowest BCUT2D eigenvalue weighted by atomic mass is 10.1. The van der Waals surface area contributed by atoms with Gasteiger partial charge in [-0.05, 0) is 38.5 Å². The van der Waals surface area contributed by atoms with Crippen LogP contribution in [-0.2, 0) is 17.9 Å². The molecule has 3 nitrogen and oxygen atoms in total. The Hall–Kier alpha value is -1.46. The molecule has 1 aromatic carbocycles. The monoisotopic (exact) mass is 293 g/mol. The van der Waals surface area contributed by atoms with Crippen molar-refractivity contribution in [3.63, 3.8) is 0 Å². The molecule has 1 rings (SSSR count). The fourth-order valence-electron chi connectivity index (χ4n) is 1.12. The van der Waals surface area contributed by atoms with Crippen molar-refractivity contribution < 1.29 is 4.55 Å². The van der Waals surface area contributed by atoms with Crippen LogP contribution >= 0.6 is 0 Å². The highest BCUT2D eigenvalue weighted by molar-refractivity contribution is 7.90. The van der Waals surface area contributed by atoms with Gasteiger partial charge in [-0.2, -0.15) is 9.81 Å². The Morgan fingerprint density at radius 1 is 1.30 bits per heavy atom. The Morgan fingerprint density at radius 3 is 2.30 bits per heavy atom. The van der Waals surface area contributed by atoms with Crippen LogP contribution < -0.4 is 4.72 Å². The fourth-order valence-corrected chi connectivity index (χ4v) is 1.86. The van der Waals surface area contributed by atoms with Crippen LogP contribution in [0.1, 0.15) is 45.7 Å². The molecule has 0 fully saturated rings. The van der Waals surface area contributed by atoms with Crippen molar-refractivity contribution in [1.29, 1.82) is 5.26 Å². The first-order chi connectivity index (χ1) is 9.43. The molecular formula is C16H25N2OS+. The van der Waals surface area contributed by atoms with Gasteiger partial charge in [-0.25, -0.2) is 0 Å². The van der Waals surface area contributed by atoms with Gasteiger partial charge in [-0.1, -0.05) is 26.0 Å². The van der Waals surface area contributed by atoms with Crippen molar-refractivity contribution in [2.24, 2.45) is 0 Å². The Morgan fingerprint density at radius 2 is 1.85 bits per heavy atom. The van der Waals surface area contributed by atoms with Crippen LogP contribution in [0.3, 0.4) is 0 Å². The second-order valence-electron chi connectivity index (χ2n) is 4.53. The molecule has 0 bridgehead atoms. The number of nitriles is 1. The zero-order chi connectivity index (χ0) is 16.2. The summed E-state index contributed by atoms with van der Waals surface area (Å²) in [4.78, 5) is 0. The lowest BCUT2D eigenvalue weighted by Gasteiger charge is -2.14. The molecule has 2 N–H and O–H groups in total. The number of hydrogen-bond acceptors (Lipinski definition) is 3. The van der Waals surface area contributed by atoms with Gasteiger partial charge in [0.25, 0.3) is 0 Å². The molecule has 0 aliphatic heterocycles. The summed E-state index contributed by atoms with van der Waals surface area (Å²) in [5.74, 6) is 0. The van der Waals surface area contributed by atoms with E-state index >= 15 is 0 Å². The lowest BCUT2D eigenvalue weighted by Crippen LogP contribution is -2.38. The number of terminal acetylenes is 1. The van der Waals surface area contributed by atoms with E-state index < -0.39 is 11.4 Å². The van der Waals surface area contributed by atoms with Gasteiger partial charge in [0.15, 0.2) is 4.75 Å². The minimum atomic E-state index is -0.829. The second-order valence-corrected chi connectivity index (χ2v) is 6.61. The van der Waals surface area contributed by atoms with E-state index in [-0.39, 0.29) is 4.75 Å². The Bertz CT molecular complexity index is 430. The Labute approximate surface area is 126 Å². The normalized spacial score (nSPS) is 10.9. The minimum absolute atomic E-state index is 0.160. The molecule has 0 spiro atoms. The first-order valence-electron chi connectivity index (χ1n) is 6.43. The molecule has 110 valence electrons. The van der Waals surface area contributed by atoms with E-state index in [1.54, 1.807) is 6.07 Å². The summed E-state index contributed by atoms with van der Waals surface area (Å²) in [5, 5.41) is 8.75. The van der Waals surface area contributed by atoms with Crippen molar-refractivity contribution in [1.82, 2.24) is 4.72 Å². The molecule has 0 saturated heterocycles. The molecule has 0 heterocycles. The molecule has 0 aliphatic rings. The van der Waals surface area contributed by atoms with Crippen LogP contribution in [0.4, 0.5) is 0 Å². The van der Waals surface area contributed by atoms with Crippen LogP contribution in [0.5, 0.6) is 0 Å². The maximum absolute atomic E-state index is 9.83. The van der Waals surface area contributed by atoms with Crippen LogP contribution in [-0.4, -0.2) is 9.30 Å². The van der Waals surface area contributed by atoms with Gasteiger partial charge in [-0.3, -0.25) is 0 Å². The zero-order valence-corrected chi connectivity index (χ0v) is 13.8. The lowest BCUT2D eigenvalue weighted by molar-refractivity contribution is 0.576. The SMILES string of the molecule is C#C.CC.CC(C)(C)[S+](O)NCc1cccc(C#N)c1. The highest BCUT2D eigenvalue weighted by Gasteiger charge is 2.33. The average molecular weight is 293 g/mol. The van der Waals surface area contributed by atoms with Crippen molar-refractivity contribution in [3.8, 4) is 18.9 Å². The molecule has 1 aromatic rings. The van der Waals surface area contributed by atoms with E-state index in [0.717, 1.165) is 5.56 Å². The third-order valence-electron chi connectivity index (χ3n) is 2.05. The van der Waals surface area contributed by atoms with Crippen molar-refractivity contribution in [3.05, 3.63) is 35.4 Å². The second kappa shape index (κ2) is 11.4. The van der Waals surface area contributed by atoms with Gasteiger partial charge in [0.1, 0.15) is 0 Å². The van der Waals surface area contributed by atoms with Crippen LogP contribution in [0.25, 0.3) is 0 Å². The molecule has 20 heavy (non-hydrogen) atoms. The summed E-state index contributed by atoms with van der Waals surface area (Å²) in [5.41, 5.74) is 1.66. The predicted octanol–water partition coefficient (Wildman–Crippen LogP) is 3.73. The Balaban J connectivity index is 0. The summed E-state index contributed by atoms with van der Waals surface area (Å²) >= 11 is -0.829. The number of nitrogens with zero attached hydrogens (tertiary/aromatic N) is 1. The minimum Gasteiger partial charge on any atom is -0.192 e. The van der Waals surface area contributed by atoms with E-state index in [4.69, 9.17) is 5.26 Å². The third kappa shape index (κ3) is 8.61. The quantitative estimate of drug-likeness (QED) is 0.659. The standard InChI is InChI=1S/C12H17N2OS.C2H6.C2H2/c1-12(2,3)16(15)14-9-11-6-4-5-10(7-11)8-13;2*1-2/h4-7,14-15H,9H2,1-3H3;1-2H3;1-2H/q+1;;. The molecule has 0 saturated carbocycles. The summed E-state index contributed by atoms with van der Waals surface area (Å²) in [6, 6.07) is 9.48. The topological polar surface area (TPSA) is 56.0 Å². The molecule has 0 aromatic heterocycles. The largest absolute Gasteiger partial charge is 0.240 e. The highest BCUT2D eigenvalue weighted by Crippen LogP contribution is 2.14. The van der Waals surface area contributed by atoms with E-state index in [1.807, 2.05) is 52.8 Å². The summed E-state index contributed by atoms with van der Waals surface area (Å²) in [6.07, 6.45) is 8.00. The van der Waals surface area contributed by atoms with Crippen molar-refractivity contribution in [2.75, 3.05) is 0 Å². The van der Waals surface area contributed by atoms with E-state index in [0.29, 0.717) is 12.1 Å². The molecule has 4 heteroatoms. The molecule has 0 amide bonds. The average Bonchev–Trinajstić information content (AvgIpc) is 2.48. The maximum atomic E-state index is 9.83. The molecule has 1 atom stereocenters. The van der Waals surface area contributed by atoms with Crippen LogP contribution in [0.15, 0.2) is 24.3 Å². The third-order valence-corrected chi connectivity index (χ3v) is 3.63. The molecular weight excluding hydrogens is 268 g/mol. The number of nitrogens with one attached hydrogen (secondary N) is 1. The van der Waals surface area contributed by atoms with Gasteiger partial charge in [-0.15, -0.1) is 17.6 Å². The van der Waals surface area contributed by atoms with E-state index in [2.05, 4.69) is 23.6 Å². The summed E-state index contributed by atoms with van der Waals surface area (Å²) in [7, 11) is 0. The zero-order valence-electron chi connectivity index (χ0n) is 13.0. The van der Waals surface area contributed by atoms with Gasteiger partial charge in [0.05, 0.1) is 18.2 Å². The maximum Gasteiger partial charge on any atom is 0.240 e. The summed E-state index contributed by atoms with van der Waals surface area (Å²) < 4.78 is 12.7. The van der Waals surface area contributed by atoms with E-state index in [1.165, 1.54) is 0 Å². The van der Waals surface area contributed by atoms with Crippen LogP contribution in [0.2, 0.25) is 0 Å². The molecule has 0 aliphatic carbocycles. The van der Waals surface area contributed by atoms with Crippen LogP contribution in [0, 0.1) is 24.2 Å². The first kappa shape index (κ1) is 20.8. The van der Waals surface area contributed by atoms with E-state index in [9.17, 15) is 4.55 Å². The molecule has 1 unspecified atom stereocenters. The number of benzene rings is 1. The molecule has 0 radical (unpaired) electrons. The van der Waals surface area contributed by atoms with Gasteiger partial charge in [0, 0.05) is 0 Å². The van der Waals surface area contributed by atoms with Gasteiger partial charge < -0.3 is 0 Å². The smallest absolute Gasteiger partial charge is 0.192 e. The van der Waals surface area contributed by atoms with Gasteiger partial charge >= 0.3 is 0 Å². The summed E-state index contributed by atoms with van der Waals surface area (Å²) in [6.45, 7) is 10.5. The highest BCUT2D eigenvalue weighted by atomic mass is 32.2. The fraction of sp³-hybridized carbons (Fsp3) is 0.438. The first-order valence-corrected chi connectivity index (χ1v) is 7.61. The van der Waals surface area contributed by atoms with Gasteiger partial charge in [0.2, 0.25) is 11.4 Å². The van der Waals surface area contributed by atoms with Crippen molar-refractivity contribution >= 4 is 11.4 Å². The number of rotatable bonds is 3. The van der Waals surface area contributed by atoms with Crippen molar-refractivity contribution in [2.45, 2.75) is 45.9 Å². The predicted molar refractivity (Wildman–Crippen MR) is 89.0 cm³/mol. The number of hydrogen-bond donors (Lipinski definition) is 2.